The number of rotatable bonds is 4. The van der Waals surface area contributed by atoms with Crippen molar-refractivity contribution < 1.29 is 14.3 Å². The number of amides is 2. The van der Waals surface area contributed by atoms with Gasteiger partial charge in [-0.2, -0.15) is 0 Å². The van der Waals surface area contributed by atoms with Gasteiger partial charge in [0, 0.05) is 18.9 Å². The van der Waals surface area contributed by atoms with E-state index >= 15 is 0 Å². The summed E-state index contributed by atoms with van der Waals surface area (Å²) >= 11 is 0. The summed E-state index contributed by atoms with van der Waals surface area (Å²) in [6, 6.07) is 6.03. The first-order valence-corrected chi connectivity index (χ1v) is 8.35. The summed E-state index contributed by atoms with van der Waals surface area (Å²) in [5.41, 5.74) is 0.659. The van der Waals surface area contributed by atoms with Crippen molar-refractivity contribution in [3.05, 3.63) is 30.1 Å². The number of nitrogens with one attached hydrogen (secondary N) is 2. The largest absolute Gasteiger partial charge is 0.444 e. The minimum Gasteiger partial charge on any atom is -0.444 e. The minimum atomic E-state index is -0.587. The first kappa shape index (κ1) is 24.1. The lowest BCUT2D eigenvalue weighted by Crippen LogP contribution is -2.38. The van der Waals surface area contributed by atoms with Crippen LogP contribution in [0.25, 0.3) is 0 Å². The molecule has 0 bridgehead atoms. The molecule has 0 saturated carbocycles. The predicted molar refractivity (Wildman–Crippen MR) is 97.9 cm³/mol. The lowest BCUT2D eigenvalue weighted by atomic mass is 10.2. The molecular weight excluding hydrogens is 306 g/mol. The van der Waals surface area contributed by atoms with E-state index in [1.807, 2.05) is 32.2 Å². The zero-order valence-corrected chi connectivity index (χ0v) is 16.1. The Morgan fingerprint density at radius 1 is 1.21 bits per heavy atom. The summed E-state index contributed by atoms with van der Waals surface area (Å²) in [6.07, 6.45) is 3.53. The third-order valence-electron chi connectivity index (χ3n) is 2.30. The van der Waals surface area contributed by atoms with Gasteiger partial charge in [-0.15, -0.1) is 0 Å². The molecule has 0 spiro atoms. The number of carbonyl (C=O) groups is 2. The topological polar surface area (TPSA) is 80.3 Å². The fraction of sp³-hybridized carbons (Fsp3) is 0.611. The molecule has 6 nitrogen and oxygen atoms in total. The lowest BCUT2D eigenvalue weighted by Gasteiger charge is -2.19. The molecule has 0 aliphatic carbocycles. The molecular formula is C18H33N3O3. The van der Waals surface area contributed by atoms with E-state index in [4.69, 9.17) is 4.74 Å². The number of aryl methyl sites for hydroxylation is 1. The van der Waals surface area contributed by atoms with Gasteiger partial charge in [-0.05, 0) is 39.3 Å². The van der Waals surface area contributed by atoms with Crippen LogP contribution in [0, 0.1) is 0 Å². The molecule has 138 valence electrons. The number of aromatic nitrogens is 1. The van der Waals surface area contributed by atoms with Crippen LogP contribution in [0.1, 0.15) is 53.7 Å². The van der Waals surface area contributed by atoms with Crippen LogP contribution in [0.5, 0.6) is 0 Å². The molecule has 0 fully saturated rings. The van der Waals surface area contributed by atoms with Gasteiger partial charge in [0.25, 0.3) is 0 Å². The van der Waals surface area contributed by atoms with E-state index in [9.17, 15) is 9.59 Å². The van der Waals surface area contributed by atoms with Crippen molar-refractivity contribution in [3.63, 3.8) is 0 Å². The third-order valence-corrected chi connectivity index (χ3v) is 2.30. The molecule has 1 heterocycles. The zero-order chi connectivity index (χ0) is 19.0. The molecule has 0 aliphatic heterocycles. The highest BCUT2D eigenvalue weighted by Gasteiger charge is 2.16. The van der Waals surface area contributed by atoms with Crippen LogP contribution in [0.3, 0.4) is 0 Å². The second-order valence-electron chi connectivity index (χ2n) is 5.60. The van der Waals surface area contributed by atoms with E-state index in [0.717, 1.165) is 6.42 Å². The Balaban J connectivity index is 0. The summed E-state index contributed by atoms with van der Waals surface area (Å²) in [5.74, 6) is -0.258. The Morgan fingerprint density at radius 2 is 1.83 bits per heavy atom. The molecule has 0 unspecified atom stereocenters. The standard InChI is InChI=1S/C8H16N2O3.C8H11N.C2H6/c1-8(2,3)13-7(12)10-5-6(11)9-4;1-2-5-8-6-3-4-7-9-8;1-2/h5H2,1-4H3,(H,9,11)(H,10,12);3-4,6-7H,2,5H2,1H3;1-2H3. The van der Waals surface area contributed by atoms with Gasteiger partial charge in [-0.1, -0.05) is 33.3 Å². The maximum absolute atomic E-state index is 11.0. The van der Waals surface area contributed by atoms with E-state index in [2.05, 4.69) is 28.6 Å². The average molecular weight is 339 g/mol. The number of alkyl carbamates (subject to hydrolysis) is 1. The van der Waals surface area contributed by atoms with Crippen molar-refractivity contribution in [3.8, 4) is 0 Å². The van der Waals surface area contributed by atoms with Gasteiger partial charge in [0.2, 0.25) is 5.91 Å². The van der Waals surface area contributed by atoms with Crippen LogP contribution in [0.4, 0.5) is 4.79 Å². The summed E-state index contributed by atoms with van der Waals surface area (Å²) in [6.45, 7) is 11.4. The molecule has 1 rings (SSSR count). The fourth-order valence-corrected chi connectivity index (χ4v) is 1.36. The van der Waals surface area contributed by atoms with E-state index in [0.29, 0.717) is 0 Å². The number of pyridine rings is 1. The molecule has 1 aromatic heterocycles. The maximum Gasteiger partial charge on any atom is 0.408 e. The van der Waals surface area contributed by atoms with Crippen LogP contribution in [0.2, 0.25) is 0 Å². The molecule has 24 heavy (non-hydrogen) atoms. The summed E-state index contributed by atoms with van der Waals surface area (Å²) in [5, 5.41) is 4.69. The molecule has 6 heteroatoms. The zero-order valence-electron chi connectivity index (χ0n) is 16.1. The molecule has 0 aromatic carbocycles. The van der Waals surface area contributed by atoms with Gasteiger partial charge in [-0.3, -0.25) is 9.78 Å². The van der Waals surface area contributed by atoms with Crippen molar-refractivity contribution in [1.82, 2.24) is 15.6 Å². The fourth-order valence-electron chi connectivity index (χ4n) is 1.36. The van der Waals surface area contributed by atoms with Crippen molar-refractivity contribution >= 4 is 12.0 Å². The Labute approximate surface area is 146 Å². The first-order chi connectivity index (χ1) is 11.3. The quantitative estimate of drug-likeness (QED) is 0.882. The van der Waals surface area contributed by atoms with Crippen LogP contribution in [-0.2, 0) is 16.0 Å². The van der Waals surface area contributed by atoms with E-state index in [1.54, 1.807) is 20.8 Å². The number of nitrogens with zero attached hydrogens (tertiary/aromatic N) is 1. The lowest BCUT2D eigenvalue weighted by molar-refractivity contribution is -0.119. The number of hydrogen-bond acceptors (Lipinski definition) is 4. The summed E-state index contributed by atoms with van der Waals surface area (Å²) in [4.78, 5) is 25.8. The van der Waals surface area contributed by atoms with Crippen LogP contribution < -0.4 is 10.6 Å². The molecule has 1 aromatic rings. The molecule has 2 amide bonds. The van der Waals surface area contributed by atoms with E-state index in [1.165, 1.54) is 19.2 Å². The second kappa shape index (κ2) is 14.5. The summed E-state index contributed by atoms with van der Waals surface area (Å²) < 4.78 is 4.90. The molecule has 0 radical (unpaired) electrons. The van der Waals surface area contributed by atoms with Gasteiger partial charge >= 0.3 is 6.09 Å². The summed E-state index contributed by atoms with van der Waals surface area (Å²) in [7, 11) is 1.50. The number of hydrogen-bond donors (Lipinski definition) is 2. The van der Waals surface area contributed by atoms with E-state index in [-0.39, 0.29) is 12.5 Å². The number of ether oxygens (including phenoxy) is 1. The first-order valence-electron chi connectivity index (χ1n) is 8.35. The molecule has 0 saturated heterocycles. The Kier molecular flexibility index (Phi) is 14.6. The van der Waals surface area contributed by atoms with E-state index < -0.39 is 11.7 Å². The SMILES string of the molecule is CC.CCCc1ccccn1.CNC(=O)CNC(=O)OC(C)(C)C. The minimum absolute atomic E-state index is 0.0641. The van der Waals surface area contributed by atoms with Gasteiger partial charge in [0.1, 0.15) is 5.60 Å². The highest BCUT2D eigenvalue weighted by Crippen LogP contribution is 2.05. The average Bonchev–Trinajstić information content (AvgIpc) is 2.55. The molecule has 0 aliphatic rings. The maximum atomic E-state index is 11.0. The van der Waals surface area contributed by atoms with Gasteiger partial charge in [0.05, 0.1) is 6.54 Å². The highest BCUT2D eigenvalue weighted by molar-refractivity contribution is 5.81. The van der Waals surface area contributed by atoms with Crippen molar-refractivity contribution in [1.29, 1.82) is 0 Å². The van der Waals surface area contributed by atoms with Crippen molar-refractivity contribution in [2.75, 3.05) is 13.6 Å². The van der Waals surface area contributed by atoms with Gasteiger partial charge in [-0.25, -0.2) is 4.79 Å². The van der Waals surface area contributed by atoms with Crippen molar-refractivity contribution in [2.45, 2.75) is 60.0 Å². The van der Waals surface area contributed by atoms with Gasteiger partial charge in [0.15, 0.2) is 0 Å². The van der Waals surface area contributed by atoms with Crippen LogP contribution in [-0.4, -0.2) is 36.2 Å². The number of likely N-dealkylation sites (N-methyl/N-ethyl adjacent to an activating group) is 1. The highest BCUT2D eigenvalue weighted by atomic mass is 16.6. The van der Waals surface area contributed by atoms with Crippen LogP contribution >= 0.6 is 0 Å². The third kappa shape index (κ3) is 16.3. The normalized spacial score (nSPS) is 9.46. The van der Waals surface area contributed by atoms with Gasteiger partial charge < -0.3 is 15.4 Å². The Hall–Kier alpha value is -2.11. The molecule has 0 atom stereocenters. The monoisotopic (exact) mass is 339 g/mol. The smallest absolute Gasteiger partial charge is 0.408 e. The Morgan fingerprint density at radius 3 is 2.25 bits per heavy atom. The second-order valence-corrected chi connectivity index (χ2v) is 5.60. The Bertz CT molecular complexity index is 443. The molecule has 2 N–H and O–H groups in total. The van der Waals surface area contributed by atoms with Crippen molar-refractivity contribution in [2.24, 2.45) is 0 Å². The predicted octanol–water partition coefficient (Wildman–Crippen LogP) is 3.32. The van der Waals surface area contributed by atoms with Crippen LogP contribution in [0.15, 0.2) is 24.4 Å². The number of carbonyl (C=O) groups excluding carboxylic acids is 2.